The summed E-state index contributed by atoms with van der Waals surface area (Å²) < 4.78 is 0. The monoisotopic (exact) mass is 624 g/mol. The van der Waals surface area contributed by atoms with Crippen LogP contribution in [0.15, 0.2) is 60.9 Å². The predicted molar refractivity (Wildman–Crippen MR) is 177 cm³/mol. The van der Waals surface area contributed by atoms with E-state index in [2.05, 4.69) is 92.9 Å². The molecule has 0 radical (unpaired) electrons. The third kappa shape index (κ3) is 5.23. The summed E-state index contributed by atoms with van der Waals surface area (Å²) in [7, 11) is 0. The van der Waals surface area contributed by atoms with Gasteiger partial charge in [0.25, 0.3) is 0 Å². The number of carboxylic acid groups (broad SMARTS) is 2. The zero-order valence-corrected chi connectivity index (χ0v) is 27.5. The molecule has 0 aliphatic carbocycles. The van der Waals surface area contributed by atoms with Crippen LogP contribution >= 0.6 is 0 Å². The summed E-state index contributed by atoms with van der Waals surface area (Å²) >= 11 is 0. The molecule has 10 heteroatoms. The van der Waals surface area contributed by atoms with Crippen molar-refractivity contribution in [2.75, 3.05) is 13.1 Å². The average Bonchev–Trinajstić information content (AvgIpc) is 3.81. The number of aromatic amines is 2. The minimum atomic E-state index is -0.915. The van der Waals surface area contributed by atoms with Crippen LogP contribution in [0.3, 0.4) is 0 Å². The Balaban J connectivity index is 1.24. The molecule has 2 saturated heterocycles. The van der Waals surface area contributed by atoms with Gasteiger partial charge < -0.3 is 20.2 Å². The number of H-pyrrole nitrogens is 2. The quantitative estimate of drug-likeness (QED) is 0.176. The van der Waals surface area contributed by atoms with Crippen molar-refractivity contribution >= 4 is 12.2 Å². The molecule has 0 spiro atoms. The van der Waals surface area contributed by atoms with Crippen LogP contribution in [-0.4, -0.2) is 65.2 Å². The van der Waals surface area contributed by atoms with Crippen molar-refractivity contribution in [2.24, 2.45) is 16.7 Å². The molecule has 2 aromatic heterocycles. The fraction of sp³-hybridized carbons (Fsp3) is 0.444. The summed E-state index contributed by atoms with van der Waals surface area (Å²) in [5.74, 6) is 1.46. The summed E-state index contributed by atoms with van der Waals surface area (Å²) in [4.78, 5) is 43.5. The number of rotatable bonds is 5. The average molecular weight is 625 g/mol. The van der Waals surface area contributed by atoms with Gasteiger partial charge in [0.15, 0.2) is 0 Å². The number of benzene rings is 2. The van der Waals surface area contributed by atoms with E-state index in [1.54, 1.807) is 11.1 Å². The van der Waals surface area contributed by atoms with E-state index in [1.807, 2.05) is 18.3 Å². The highest BCUT2D eigenvalue weighted by Crippen LogP contribution is 2.59. The summed E-state index contributed by atoms with van der Waals surface area (Å²) in [6, 6.07) is 16.3. The molecule has 1 unspecified atom stereocenters. The second-order valence-electron chi connectivity index (χ2n) is 14.8. The van der Waals surface area contributed by atoms with Gasteiger partial charge in [0, 0.05) is 13.1 Å². The SMILES string of the molecule is CC(C)(C)C1CCN(C(=O)O)[C@]1(c1ncc(-c2ccc(-c3ccc(-c4cnc([C@@H]5CCCN5C(=O)O)[nH]4)cc3)cc2)[nH]1)C(C)(C)C. The number of likely N-dealkylation sites (tertiary alicyclic amines) is 2. The second-order valence-corrected chi connectivity index (χ2v) is 14.8. The number of aromatic nitrogens is 4. The van der Waals surface area contributed by atoms with Gasteiger partial charge in [-0.15, -0.1) is 0 Å². The number of hydrogen-bond donors (Lipinski definition) is 4. The van der Waals surface area contributed by atoms with Crippen LogP contribution in [0.5, 0.6) is 0 Å². The molecule has 10 nitrogen and oxygen atoms in total. The van der Waals surface area contributed by atoms with Crippen LogP contribution < -0.4 is 0 Å². The molecule has 4 N–H and O–H groups in total. The number of hydrogen-bond acceptors (Lipinski definition) is 4. The maximum absolute atomic E-state index is 12.6. The van der Waals surface area contributed by atoms with Crippen molar-refractivity contribution in [1.29, 1.82) is 0 Å². The molecule has 0 saturated carbocycles. The Kier molecular flexibility index (Phi) is 7.73. The van der Waals surface area contributed by atoms with E-state index in [-0.39, 0.29) is 17.4 Å². The van der Waals surface area contributed by atoms with Gasteiger partial charge in [0.2, 0.25) is 0 Å². The number of amides is 2. The first-order chi connectivity index (χ1) is 21.7. The number of nitrogens with one attached hydrogen (secondary N) is 2. The molecule has 2 aromatic carbocycles. The normalized spacial score (nSPS) is 22.0. The van der Waals surface area contributed by atoms with E-state index in [1.165, 1.54) is 4.90 Å². The van der Waals surface area contributed by atoms with Crippen LogP contribution in [0.4, 0.5) is 9.59 Å². The minimum absolute atomic E-state index is 0.0796. The van der Waals surface area contributed by atoms with Crippen molar-refractivity contribution in [1.82, 2.24) is 29.7 Å². The van der Waals surface area contributed by atoms with Crippen LogP contribution in [0.2, 0.25) is 0 Å². The largest absolute Gasteiger partial charge is 0.465 e. The summed E-state index contributed by atoms with van der Waals surface area (Å²) in [6.45, 7) is 13.9. The fourth-order valence-corrected chi connectivity index (χ4v) is 7.99. The topological polar surface area (TPSA) is 138 Å². The predicted octanol–water partition coefficient (Wildman–Crippen LogP) is 8.24. The zero-order chi connectivity index (χ0) is 33.0. The minimum Gasteiger partial charge on any atom is -0.465 e. The van der Waals surface area contributed by atoms with Crippen molar-refractivity contribution in [2.45, 2.75) is 72.4 Å². The lowest BCUT2D eigenvalue weighted by Crippen LogP contribution is -2.58. The molecular formula is C36H44N6O4. The van der Waals surface area contributed by atoms with Gasteiger partial charge in [-0.05, 0) is 58.3 Å². The Bertz CT molecular complexity index is 1730. The Morgan fingerprint density at radius 3 is 1.83 bits per heavy atom. The van der Waals surface area contributed by atoms with Crippen molar-refractivity contribution in [3.8, 4) is 33.6 Å². The molecule has 2 amide bonds. The second kappa shape index (κ2) is 11.3. The Morgan fingerprint density at radius 2 is 1.30 bits per heavy atom. The molecule has 46 heavy (non-hydrogen) atoms. The van der Waals surface area contributed by atoms with Crippen molar-refractivity contribution in [3.63, 3.8) is 0 Å². The lowest BCUT2D eigenvalue weighted by atomic mass is 9.59. The first kappa shape index (κ1) is 31.4. The molecule has 4 heterocycles. The van der Waals surface area contributed by atoms with Gasteiger partial charge in [-0.2, -0.15) is 0 Å². The van der Waals surface area contributed by atoms with E-state index >= 15 is 0 Å². The van der Waals surface area contributed by atoms with E-state index in [0.717, 1.165) is 52.9 Å². The highest BCUT2D eigenvalue weighted by molar-refractivity contribution is 5.72. The molecule has 242 valence electrons. The maximum atomic E-state index is 12.6. The highest BCUT2D eigenvalue weighted by Gasteiger charge is 2.63. The number of nitrogens with zero attached hydrogens (tertiary/aromatic N) is 4. The molecule has 2 fully saturated rings. The van der Waals surface area contributed by atoms with Gasteiger partial charge in [0.1, 0.15) is 17.2 Å². The van der Waals surface area contributed by atoms with Gasteiger partial charge in [-0.1, -0.05) is 90.1 Å². The molecule has 3 atom stereocenters. The van der Waals surface area contributed by atoms with E-state index in [0.29, 0.717) is 24.7 Å². The lowest BCUT2D eigenvalue weighted by Gasteiger charge is -2.52. The Morgan fingerprint density at radius 1 is 0.761 bits per heavy atom. The lowest BCUT2D eigenvalue weighted by molar-refractivity contribution is -0.0404. The van der Waals surface area contributed by atoms with Gasteiger partial charge in [-0.25, -0.2) is 19.6 Å². The Labute approximate surface area is 269 Å². The van der Waals surface area contributed by atoms with Gasteiger partial charge >= 0.3 is 12.2 Å². The molecule has 0 bridgehead atoms. The summed E-state index contributed by atoms with van der Waals surface area (Å²) in [5.41, 5.74) is 4.45. The maximum Gasteiger partial charge on any atom is 0.408 e. The first-order valence-electron chi connectivity index (χ1n) is 16.0. The smallest absolute Gasteiger partial charge is 0.408 e. The van der Waals surface area contributed by atoms with Gasteiger partial charge in [0.05, 0.1) is 29.8 Å². The molecule has 4 aromatic rings. The molecular weight excluding hydrogens is 580 g/mol. The standard InChI is InChI=1S/C36H44N6O4/c1-34(2,3)29-17-19-42(33(45)46)36(29,35(4,5)6)31-38-21-27(40-31)25-15-11-23(12-16-25)22-9-13-24(14-10-22)26-20-37-30(39-26)28-8-7-18-41(28)32(43)44/h9-16,20-21,28-29H,7-8,17-19H2,1-6H3,(H,37,39)(H,38,40)(H,43,44)(H,45,46)/t28-,29?,36+/m0/s1. The van der Waals surface area contributed by atoms with E-state index < -0.39 is 23.1 Å². The van der Waals surface area contributed by atoms with Crippen molar-refractivity contribution in [3.05, 3.63) is 72.6 Å². The van der Waals surface area contributed by atoms with Crippen LogP contribution in [0.1, 0.15) is 78.5 Å². The zero-order valence-electron chi connectivity index (χ0n) is 27.5. The number of imidazole rings is 2. The van der Waals surface area contributed by atoms with E-state index in [4.69, 9.17) is 4.98 Å². The third-order valence-electron chi connectivity index (χ3n) is 10.1. The fourth-order valence-electron chi connectivity index (χ4n) is 7.99. The van der Waals surface area contributed by atoms with Crippen LogP contribution in [0, 0.1) is 16.7 Å². The summed E-state index contributed by atoms with van der Waals surface area (Å²) in [6.07, 6.45) is 4.15. The Hall–Kier alpha value is -4.60. The van der Waals surface area contributed by atoms with E-state index in [9.17, 15) is 19.8 Å². The summed E-state index contributed by atoms with van der Waals surface area (Å²) in [5, 5.41) is 19.8. The van der Waals surface area contributed by atoms with Crippen LogP contribution in [0.25, 0.3) is 33.6 Å². The van der Waals surface area contributed by atoms with Gasteiger partial charge in [-0.3, -0.25) is 9.80 Å². The molecule has 6 rings (SSSR count). The third-order valence-corrected chi connectivity index (χ3v) is 10.1. The highest BCUT2D eigenvalue weighted by atomic mass is 16.4. The molecule has 2 aliphatic rings. The molecule has 2 aliphatic heterocycles. The first-order valence-corrected chi connectivity index (χ1v) is 16.0. The number of carbonyl (C=O) groups is 2. The van der Waals surface area contributed by atoms with Crippen LogP contribution in [-0.2, 0) is 5.54 Å². The van der Waals surface area contributed by atoms with Crippen molar-refractivity contribution < 1.29 is 19.8 Å².